The molecule has 2 aromatic rings. The molecule has 1 aromatic carbocycles. The number of halogens is 1. The number of hydrogen-bond donors (Lipinski definition) is 3. The molecule has 7 nitrogen and oxygen atoms in total. The number of H-pyrrole nitrogens is 1. The Balaban J connectivity index is 0.00000300. The summed E-state index contributed by atoms with van der Waals surface area (Å²) in [6, 6.07) is 8.58. The number of aromatic amines is 1. The molecule has 3 N–H and O–H groups in total. The third-order valence-electron chi connectivity index (χ3n) is 5.11. The average molecular weight is 512 g/mol. The predicted molar refractivity (Wildman–Crippen MR) is 130 cm³/mol. The van der Waals surface area contributed by atoms with Crippen molar-refractivity contribution < 1.29 is 4.74 Å². The zero-order valence-electron chi connectivity index (χ0n) is 17.6. The van der Waals surface area contributed by atoms with Crippen LogP contribution in [0.2, 0.25) is 0 Å². The Morgan fingerprint density at radius 1 is 1.38 bits per heavy atom. The van der Waals surface area contributed by atoms with E-state index >= 15 is 0 Å². The largest absolute Gasteiger partial charge is 0.495 e. The second-order valence-electron chi connectivity index (χ2n) is 7.13. The highest BCUT2D eigenvalue weighted by molar-refractivity contribution is 14.0. The van der Waals surface area contributed by atoms with Crippen molar-refractivity contribution in [2.75, 3.05) is 38.2 Å². The van der Waals surface area contributed by atoms with E-state index in [1.165, 1.54) is 5.56 Å². The first kappa shape index (κ1) is 23.3. The maximum absolute atomic E-state index is 5.51. The topological polar surface area (TPSA) is 77.6 Å². The van der Waals surface area contributed by atoms with Crippen LogP contribution in [-0.2, 0) is 6.42 Å². The van der Waals surface area contributed by atoms with Crippen molar-refractivity contribution in [1.82, 2.24) is 20.8 Å². The number of rotatable bonds is 8. The molecule has 0 radical (unpaired) electrons. The van der Waals surface area contributed by atoms with E-state index < -0.39 is 0 Å². The van der Waals surface area contributed by atoms with Crippen LogP contribution < -0.4 is 20.3 Å². The van der Waals surface area contributed by atoms with Gasteiger partial charge in [0, 0.05) is 37.9 Å². The van der Waals surface area contributed by atoms with Gasteiger partial charge in [-0.05, 0) is 50.8 Å². The van der Waals surface area contributed by atoms with Gasteiger partial charge in [-0.1, -0.05) is 12.1 Å². The lowest BCUT2D eigenvalue weighted by Gasteiger charge is -2.22. The number of guanidine groups is 1. The van der Waals surface area contributed by atoms with Gasteiger partial charge in [-0.3, -0.25) is 10.1 Å². The SMILES string of the molecule is CCNC(=NCCCc1cn[nH]c1C)NC1CCN(c2ccccc2OC)C1.I. The lowest BCUT2D eigenvalue weighted by Crippen LogP contribution is -2.44. The van der Waals surface area contributed by atoms with Crippen molar-refractivity contribution in [3.63, 3.8) is 0 Å². The van der Waals surface area contributed by atoms with Gasteiger partial charge in [-0.2, -0.15) is 5.10 Å². The van der Waals surface area contributed by atoms with Gasteiger partial charge in [0.25, 0.3) is 0 Å². The molecule has 1 aromatic heterocycles. The monoisotopic (exact) mass is 512 g/mol. The highest BCUT2D eigenvalue weighted by Gasteiger charge is 2.25. The summed E-state index contributed by atoms with van der Waals surface area (Å²) in [6.45, 7) is 7.77. The molecule has 0 bridgehead atoms. The maximum atomic E-state index is 5.51. The number of methoxy groups -OCH3 is 1. The summed E-state index contributed by atoms with van der Waals surface area (Å²) in [5.41, 5.74) is 3.58. The van der Waals surface area contributed by atoms with E-state index in [0.717, 1.165) is 68.5 Å². The van der Waals surface area contributed by atoms with Crippen molar-refractivity contribution >= 4 is 35.6 Å². The number of anilines is 1. The molecule has 1 aliphatic rings. The molecule has 8 heteroatoms. The molecular weight excluding hydrogens is 479 g/mol. The predicted octanol–water partition coefficient (Wildman–Crippen LogP) is 3.11. The lowest BCUT2D eigenvalue weighted by atomic mass is 10.1. The molecule has 0 amide bonds. The van der Waals surface area contributed by atoms with E-state index in [2.05, 4.69) is 51.7 Å². The summed E-state index contributed by atoms with van der Waals surface area (Å²) >= 11 is 0. The van der Waals surface area contributed by atoms with Crippen molar-refractivity contribution in [2.45, 2.75) is 39.2 Å². The van der Waals surface area contributed by atoms with E-state index in [0.29, 0.717) is 6.04 Å². The van der Waals surface area contributed by atoms with Gasteiger partial charge >= 0.3 is 0 Å². The number of benzene rings is 1. The maximum Gasteiger partial charge on any atom is 0.191 e. The highest BCUT2D eigenvalue weighted by atomic mass is 127. The molecule has 0 saturated carbocycles. The van der Waals surface area contributed by atoms with Crippen LogP contribution in [0.4, 0.5) is 5.69 Å². The van der Waals surface area contributed by atoms with Gasteiger partial charge in [-0.25, -0.2) is 0 Å². The Bertz CT molecular complexity index is 778. The number of nitrogens with one attached hydrogen (secondary N) is 3. The molecule has 2 heterocycles. The molecule has 29 heavy (non-hydrogen) atoms. The minimum absolute atomic E-state index is 0. The third kappa shape index (κ3) is 6.52. The van der Waals surface area contributed by atoms with Gasteiger partial charge in [0.2, 0.25) is 0 Å². The zero-order chi connectivity index (χ0) is 19.8. The second kappa shape index (κ2) is 11.9. The number of aliphatic imine (C=N–C) groups is 1. The molecule has 160 valence electrons. The number of aryl methyl sites for hydroxylation is 2. The Kier molecular flexibility index (Phi) is 9.56. The fourth-order valence-electron chi connectivity index (χ4n) is 3.59. The van der Waals surface area contributed by atoms with Crippen molar-refractivity contribution in [2.24, 2.45) is 4.99 Å². The van der Waals surface area contributed by atoms with Gasteiger partial charge in [0.05, 0.1) is 19.0 Å². The minimum Gasteiger partial charge on any atom is -0.495 e. The fourth-order valence-corrected chi connectivity index (χ4v) is 3.59. The Labute approximate surface area is 190 Å². The summed E-state index contributed by atoms with van der Waals surface area (Å²) in [6.07, 6.45) is 5.00. The molecule has 0 spiro atoms. The molecular formula is C21H33IN6O. The van der Waals surface area contributed by atoms with Crippen molar-refractivity contribution in [3.05, 3.63) is 41.7 Å². The van der Waals surface area contributed by atoms with E-state index in [1.807, 2.05) is 18.3 Å². The number of aromatic nitrogens is 2. The van der Waals surface area contributed by atoms with Crippen LogP contribution in [-0.4, -0.2) is 55.5 Å². The quantitative estimate of drug-likeness (QED) is 0.219. The summed E-state index contributed by atoms with van der Waals surface area (Å²) < 4.78 is 5.51. The fraction of sp³-hybridized carbons (Fsp3) is 0.524. The van der Waals surface area contributed by atoms with Crippen LogP contribution in [0.25, 0.3) is 0 Å². The van der Waals surface area contributed by atoms with Crippen LogP contribution in [0.5, 0.6) is 5.75 Å². The molecule has 3 rings (SSSR count). The van der Waals surface area contributed by atoms with Crippen LogP contribution in [0.3, 0.4) is 0 Å². The highest BCUT2D eigenvalue weighted by Crippen LogP contribution is 2.30. The summed E-state index contributed by atoms with van der Waals surface area (Å²) in [5.74, 6) is 1.83. The molecule has 1 aliphatic heterocycles. The first-order valence-corrected chi connectivity index (χ1v) is 10.1. The standard InChI is InChI=1S/C21H32N6O.HI/c1-4-22-21(23-12-7-8-17-14-24-26-16(17)2)25-18-11-13-27(15-18)19-9-5-6-10-20(19)28-3;/h5-6,9-10,14,18H,4,7-8,11-13,15H2,1-3H3,(H,24,26)(H2,22,23,25);1H. The number of para-hydroxylation sites is 2. The van der Waals surface area contributed by atoms with Gasteiger partial charge in [-0.15, -0.1) is 24.0 Å². The van der Waals surface area contributed by atoms with Gasteiger partial charge < -0.3 is 20.3 Å². The normalized spacial score (nSPS) is 16.4. The molecule has 0 aliphatic carbocycles. The van der Waals surface area contributed by atoms with E-state index in [1.54, 1.807) is 7.11 Å². The van der Waals surface area contributed by atoms with Crippen LogP contribution >= 0.6 is 24.0 Å². The number of nitrogens with zero attached hydrogens (tertiary/aromatic N) is 3. The summed E-state index contributed by atoms with van der Waals surface area (Å²) in [4.78, 5) is 7.13. The van der Waals surface area contributed by atoms with Gasteiger partial charge in [0.1, 0.15) is 5.75 Å². The van der Waals surface area contributed by atoms with Crippen molar-refractivity contribution in [1.29, 1.82) is 0 Å². The zero-order valence-corrected chi connectivity index (χ0v) is 19.9. The van der Waals surface area contributed by atoms with E-state index in [4.69, 9.17) is 9.73 Å². The second-order valence-corrected chi connectivity index (χ2v) is 7.13. The minimum atomic E-state index is 0. The molecule has 1 unspecified atom stereocenters. The molecule has 1 fully saturated rings. The van der Waals surface area contributed by atoms with Crippen LogP contribution in [0, 0.1) is 6.92 Å². The van der Waals surface area contributed by atoms with E-state index in [-0.39, 0.29) is 24.0 Å². The lowest BCUT2D eigenvalue weighted by molar-refractivity contribution is 0.415. The molecule has 1 saturated heterocycles. The first-order valence-electron chi connectivity index (χ1n) is 10.1. The summed E-state index contributed by atoms with van der Waals surface area (Å²) in [5, 5.41) is 14.0. The smallest absolute Gasteiger partial charge is 0.191 e. The van der Waals surface area contributed by atoms with Crippen LogP contribution in [0.15, 0.2) is 35.5 Å². The van der Waals surface area contributed by atoms with Crippen LogP contribution in [0.1, 0.15) is 31.0 Å². The Hall–Kier alpha value is -1.97. The summed E-state index contributed by atoms with van der Waals surface area (Å²) in [7, 11) is 1.73. The van der Waals surface area contributed by atoms with Crippen molar-refractivity contribution in [3.8, 4) is 5.75 Å². The Morgan fingerprint density at radius 3 is 2.93 bits per heavy atom. The number of ether oxygens (including phenoxy) is 1. The number of hydrogen-bond acceptors (Lipinski definition) is 4. The van der Waals surface area contributed by atoms with E-state index in [9.17, 15) is 0 Å². The van der Waals surface area contributed by atoms with Gasteiger partial charge in [0.15, 0.2) is 5.96 Å². The first-order chi connectivity index (χ1) is 13.7. The average Bonchev–Trinajstić information content (AvgIpc) is 3.34. The third-order valence-corrected chi connectivity index (χ3v) is 5.11. The molecule has 1 atom stereocenters. The Morgan fingerprint density at radius 2 is 2.21 bits per heavy atom.